The lowest BCUT2D eigenvalue weighted by atomic mass is 9.39. The van der Waals surface area contributed by atoms with Crippen molar-refractivity contribution < 1.29 is 52.6 Å². The van der Waals surface area contributed by atoms with Gasteiger partial charge in [-0.25, -0.2) is 9.59 Å². The molecular formula is C54H69NO11. The number of hydrogen-bond acceptors (Lipinski definition) is 11. The van der Waals surface area contributed by atoms with Gasteiger partial charge < -0.3 is 43.0 Å². The van der Waals surface area contributed by atoms with Gasteiger partial charge in [0.25, 0.3) is 0 Å². The minimum absolute atomic E-state index is 0.0490. The third-order valence-electron chi connectivity index (χ3n) is 17.0. The van der Waals surface area contributed by atoms with Gasteiger partial charge >= 0.3 is 12.1 Å². The summed E-state index contributed by atoms with van der Waals surface area (Å²) in [6, 6.07) is 23.9. The summed E-state index contributed by atoms with van der Waals surface area (Å²) >= 11 is 0. The van der Waals surface area contributed by atoms with Crippen molar-refractivity contribution in [2.45, 2.75) is 143 Å². The molecule has 356 valence electrons. The number of aliphatic hydroxyl groups is 1. The van der Waals surface area contributed by atoms with Gasteiger partial charge in [-0.05, 0) is 66.5 Å². The van der Waals surface area contributed by atoms with E-state index in [1.54, 1.807) is 31.3 Å². The van der Waals surface area contributed by atoms with E-state index in [1.807, 2.05) is 73.7 Å². The summed E-state index contributed by atoms with van der Waals surface area (Å²) in [5.41, 5.74) is 1.47. The second kappa shape index (κ2) is 17.3. The highest BCUT2D eigenvalue weighted by Gasteiger charge is 2.74. The van der Waals surface area contributed by atoms with Gasteiger partial charge in [0.2, 0.25) is 0 Å². The molecule has 0 radical (unpaired) electrons. The van der Waals surface area contributed by atoms with Crippen LogP contribution in [-0.2, 0) is 39.8 Å². The number of rotatable bonds is 10. The quantitative estimate of drug-likeness (QED) is 0.154. The van der Waals surface area contributed by atoms with E-state index in [-0.39, 0.29) is 60.4 Å². The highest BCUT2D eigenvalue weighted by molar-refractivity contribution is 5.79. The van der Waals surface area contributed by atoms with Gasteiger partial charge in [-0.15, -0.1) is 0 Å². The van der Waals surface area contributed by atoms with E-state index in [0.29, 0.717) is 24.3 Å². The molecule has 1 N–H and O–H groups in total. The van der Waals surface area contributed by atoms with Gasteiger partial charge in [0, 0.05) is 46.1 Å². The number of hydrogen-bond donors (Lipinski definition) is 1. The van der Waals surface area contributed by atoms with E-state index < -0.39 is 59.3 Å². The summed E-state index contributed by atoms with van der Waals surface area (Å²) in [5, 5.41) is 13.7. The van der Waals surface area contributed by atoms with Crippen molar-refractivity contribution in [3.05, 3.63) is 107 Å². The molecule has 14 atom stereocenters. The molecule has 0 spiro atoms. The molecule has 0 aromatic heterocycles. The number of ether oxygens (including phenoxy) is 8. The number of carbonyl (C=O) groups is 2. The van der Waals surface area contributed by atoms with Crippen molar-refractivity contribution in [1.29, 1.82) is 0 Å². The van der Waals surface area contributed by atoms with E-state index >= 15 is 4.79 Å². The summed E-state index contributed by atoms with van der Waals surface area (Å²) in [7, 11) is 3.25. The summed E-state index contributed by atoms with van der Waals surface area (Å²) in [6.07, 6.45) is -3.36. The molecule has 6 aliphatic rings. The zero-order valence-corrected chi connectivity index (χ0v) is 40.4. The van der Waals surface area contributed by atoms with Crippen LogP contribution in [0.3, 0.4) is 0 Å². The minimum Gasteiger partial charge on any atom is -0.497 e. The van der Waals surface area contributed by atoms with Crippen molar-refractivity contribution in [3.63, 3.8) is 0 Å². The van der Waals surface area contributed by atoms with Gasteiger partial charge in [0.15, 0.2) is 18.6 Å². The van der Waals surface area contributed by atoms with Gasteiger partial charge in [-0.2, -0.15) is 0 Å². The molecule has 3 heterocycles. The maximum atomic E-state index is 15.1. The summed E-state index contributed by atoms with van der Waals surface area (Å²) < 4.78 is 51.1. The Morgan fingerprint density at radius 2 is 1.48 bits per heavy atom. The largest absolute Gasteiger partial charge is 0.497 e. The molecule has 2 bridgehead atoms. The van der Waals surface area contributed by atoms with E-state index in [0.717, 1.165) is 34.4 Å². The molecule has 2 saturated carbocycles. The van der Waals surface area contributed by atoms with Crippen LogP contribution in [0.2, 0.25) is 0 Å². The molecular weight excluding hydrogens is 839 g/mol. The molecule has 12 heteroatoms. The topological polar surface area (TPSA) is 131 Å². The Morgan fingerprint density at radius 3 is 2.08 bits per heavy atom. The molecule has 3 saturated heterocycles. The lowest BCUT2D eigenvalue weighted by Gasteiger charge is -2.72. The maximum Gasteiger partial charge on any atom is 0.412 e. The molecule has 12 nitrogen and oxygen atoms in total. The SMILES string of the molecule is COc1ccc(C2O[C@H]3C[C@H]4OC[C@@]4(C)[C@H]4[C@H](C)[C@]5(O)C[C@H](OC(=O)C6OC(c7ccc(OC)cc7)N(C(=O)OCc7ccccc7)[C@H]6CC(C)C)C(C)=C([C@H](C)[C@H](O2)[C@]34C)C5(C)C)cc1. The molecule has 3 aromatic carbocycles. The zero-order chi connectivity index (χ0) is 47.1. The van der Waals surface area contributed by atoms with E-state index in [2.05, 4.69) is 55.4 Å². The summed E-state index contributed by atoms with van der Waals surface area (Å²) in [5.74, 6) is 0.286. The van der Waals surface area contributed by atoms with Crippen LogP contribution in [0.1, 0.15) is 111 Å². The second-order valence-corrected chi connectivity index (χ2v) is 21.4. The molecule has 1 amide bonds. The molecule has 3 unspecified atom stereocenters. The predicted molar refractivity (Wildman–Crippen MR) is 246 cm³/mol. The van der Waals surface area contributed by atoms with Crippen LogP contribution in [0.25, 0.3) is 0 Å². The van der Waals surface area contributed by atoms with Gasteiger partial charge in [0.1, 0.15) is 24.2 Å². The standard InChI is InChI=1S/C54H69NO11/c1-30(2)25-39-44(65-47(35-17-21-37(59-10)22-18-35)55(39)50(57)61-28-34-15-13-12-14-16-34)48(56)63-40-27-54(58)33(5)45-52(8)29-62-41(52)26-42-53(45,9)46(32(4)43(31(40)3)51(54,6)7)66-49(64-42)36-19-23-38(60-11)24-20-36/h12-24,30,32-33,39-42,44-47,49,58H,25-29H2,1-11H3/t32-,33-,39-,40-,41+,42-,44?,45+,46-,47?,49?,52+,53+,54+/m0/s1. The third kappa shape index (κ3) is 7.36. The first-order chi connectivity index (χ1) is 31.4. The molecule has 9 rings (SSSR count). The van der Waals surface area contributed by atoms with Crippen molar-refractivity contribution in [2.75, 3.05) is 20.8 Å². The Bertz CT molecular complexity index is 2300. The third-order valence-corrected chi connectivity index (χ3v) is 17.0. The van der Waals surface area contributed by atoms with Crippen LogP contribution >= 0.6 is 0 Å². The first-order valence-corrected chi connectivity index (χ1v) is 23.9. The Balaban J connectivity index is 1.09. The zero-order valence-electron chi connectivity index (χ0n) is 40.4. The average Bonchev–Trinajstić information content (AvgIpc) is 3.67. The Hall–Kier alpha value is -4.46. The molecule has 66 heavy (non-hydrogen) atoms. The number of nitrogens with zero attached hydrogens (tertiary/aromatic N) is 1. The first kappa shape index (κ1) is 46.6. The number of amides is 1. The van der Waals surface area contributed by atoms with Gasteiger partial charge in [-0.3, -0.25) is 4.90 Å². The van der Waals surface area contributed by atoms with Crippen LogP contribution in [0.15, 0.2) is 90.0 Å². The van der Waals surface area contributed by atoms with Crippen LogP contribution < -0.4 is 9.47 Å². The minimum atomic E-state index is -1.33. The smallest absolute Gasteiger partial charge is 0.412 e. The van der Waals surface area contributed by atoms with Crippen molar-refractivity contribution in [1.82, 2.24) is 4.90 Å². The number of fused-ring (bicyclic) bond motifs is 4. The summed E-state index contributed by atoms with van der Waals surface area (Å²) in [6.45, 7) is 20.1. The number of carbonyl (C=O) groups excluding carboxylic acids is 2. The Morgan fingerprint density at radius 1 is 0.848 bits per heavy atom. The van der Waals surface area contributed by atoms with Crippen LogP contribution in [0, 0.1) is 39.9 Å². The molecule has 3 aromatic rings. The lowest BCUT2D eigenvalue weighted by molar-refractivity contribution is -0.393. The highest BCUT2D eigenvalue weighted by atomic mass is 16.7. The van der Waals surface area contributed by atoms with Crippen molar-refractivity contribution in [3.8, 4) is 11.5 Å². The number of esters is 1. The molecule has 3 aliphatic heterocycles. The van der Waals surface area contributed by atoms with Gasteiger partial charge in [-0.1, -0.05) is 116 Å². The Kier molecular flexibility index (Phi) is 12.2. The van der Waals surface area contributed by atoms with E-state index in [1.165, 1.54) is 0 Å². The second-order valence-electron chi connectivity index (χ2n) is 21.4. The van der Waals surface area contributed by atoms with E-state index in [4.69, 9.17) is 37.9 Å². The fourth-order valence-electron chi connectivity index (χ4n) is 13.8. The normalized spacial score (nSPS) is 37.7. The number of methoxy groups -OCH3 is 2. The van der Waals surface area contributed by atoms with Crippen LogP contribution in [-0.4, -0.2) is 85.1 Å². The van der Waals surface area contributed by atoms with E-state index in [9.17, 15) is 9.90 Å². The first-order valence-electron chi connectivity index (χ1n) is 23.9. The molecule has 3 aliphatic carbocycles. The van der Waals surface area contributed by atoms with Crippen LogP contribution in [0.4, 0.5) is 4.79 Å². The lowest BCUT2D eigenvalue weighted by Crippen LogP contribution is -2.76. The fourth-order valence-corrected chi connectivity index (χ4v) is 13.8. The Labute approximate surface area is 390 Å². The van der Waals surface area contributed by atoms with Crippen LogP contribution in [0.5, 0.6) is 11.5 Å². The van der Waals surface area contributed by atoms with Crippen molar-refractivity contribution >= 4 is 12.1 Å². The average molecular weight is 908 g/mol. The monoisotopic (exact) mass is 907 g/mol. The fraction of sp³-hybridized carbons (Fsp3) is 0.593. The van der Waals surface area contributed by atoms with Gasteiger partial charge in [0.05, 0.1) is 50.8 Å². The predicted octanol–water partition coefficient (Wildman–Crippen LogP) is 9.74. The van der Waals surface area contributed by atoms with Crippen molar-refractivity contribution in [2.24, 2.45) is 39.9 Å². The summed E-state index contributed by atoms with van der Waals surface area (Å²) in [4.78, 5) is 31.0. The highest BCUT2D eigenvalue weighted by Crippen LogP contribution is 2.71. The number of benzene rings is 3. The molecule has 5 fully saturated rings. The maximum absolute atomic E-state index is 15.1.